The van der Waals surface area contributed by atoms with Crippen molar-refractivity contribution in [2.24, 2.45) is 0 Å². The van der Waals surface area contributed by atoms with Crippen molar-refractivity contribution in [3.05, 3.63) is 80.7 Å². The van der Waals surface area contributed by atoms with Gasteiger partial charge in [-0.05, 0) is 44.9 Å². The van der Waals surface area contributed by atoms with E-state index in [0.29, 0.717) is 40.8 Å². The Morgan fingerprint density at radius 1 is 1.12 bits per heavy atom. The zero-order valence-electron chi connectivity index (χ0n) is 18.2. The van der Waals surface area contributed by atoms with E-state index in [1.165, 1.54) is 4.52 Å². The van der Waals surface area contributed by atoms with Gasteiger partial charge in [0.15, 0.2) is 5.82 Å². The second kappa shape index (κ2) is 8.96. The molecule has 0 aliphatic carbocycles. The molecule has 8 heteroatoms. The summed E-state index contributed by atoms with van der Waals surface area (Å²) >= 11 is 6.14. The molecule has 0 aliphatic heterocycles. The Bertz CT molecular complexity index is 1360. The Hall–Kier alpha value is -3.45. The number of hydrogen-bond acceptors (Lipinski definition) is 4. The van der Waals surface area contributed by atoms with Gasteiger partial charge in [-0.1, -0.05) is 48.0 Å². The normalized spacial score (nSPS) is 11.1. The van der Waals surface area contributed by atoms with Crippen LogP contribution in [-0.4, -0.2) is 25.1 Å². The van der Waals surface area contributed by atoms with Crippen LogP contribution in [0.1, 0.15) is 30.2 Å². The van der Waals surface area contributed by atoms with Crippen LogP contribution in [0.2, 0.25) is 5.02 Å². The molecule has 0 atom stereocenters. The minimum Gasteiger partial charge on any atom is -0.326 e. The number of carbonyl (C=O) groups is 1. The summed E-state index contributed by atoms with van der Waals surface area (Å²) < 4.78 is 3.29. The largest absolute Gasteiger partial charge is 0.326 e. The summed E-state index contributed by atoms with van der Waals surface area (Å²) in [4.78, 5) is 30.3. The quantitative estimate of drug-likeness (QED) is 0.472. The molecule has 0 radical (unpaired) electrons. The third kappa shape index (κ3) is 4.16. The van der Waals surface area contributed by atoms with Gasteiger partial charge in [0.1, 0.15) is 0 Å². The number of nitrogens with one attached hydrogen (secondary N) is 1. The Kier molecular flexibility index (Phi) is 6.10. The summed E-state index contributed by atoms with van der Waals surface area (Å²) in [5.41, 5.74) is 3.52. The SMILES string of the molecule is CCn1c(C)c(CCC(=O)Nc2ccc(C)c(Cl)c2)c(=O)n2nc(-c3ccccc3)nc12. The molecule has 0 saturated heterocycles. The molecule has 2 aromatic carbocycles. The van der Waals surface area contributed by atoms with Gasteiger partial charge >= 0.3 is 0 Å². The molecule has 1 N–H and O–H groups in total. The molecule has 32 heavy (non-hydrogen) atoms. The summed E-state index contributed by atoms with van der Waals surface area (Å²) in [6.45, 7) is 6.41. The second-order valence-corrected chi connectivity index (χ2v) is 8.05. The molecule has 0 bridgehead atoms. The van der Waals surface area contributed by atoms with Gasteiger partial charge in [-0.25, -0.2) is 0 Å². The second-order valence-electron chi connectivity index (χ2n) is 7.64. The zero-order valence-corrected chi connectivity index (χ0v) is 19.0. The number of rotatable bonds is 6. The van der Waals surface area contributed by atoms with Gasteiger partial charge in [0.05, 0.1) is 0 Å². The van der Waals surface area contributed by atoms with E-state index in [1.54, 1.807) is 12.1 Å². The van der Waals surface area contributed by atoms with Gasteiger partial charge in [0.25, 0.3) is 5.56 Å². The van der Waals surface area contributed by atoms with E-state index in [-0.39, 0.29) is 17.9 Å². The first kappa shape index (κ1) is 21.8. The molecule has 0 unspecified atom stereocenters. The third-order valence-electron chi connectivity index (χ3n) is 5.53. The summed E-state index contributed by atoms with van der Waals surface area (Å²) in [5, 5.41) is 7.90. The highest BCUT2D eigenvalue weighted by Gasteiger charge is 2.18. The van der Waals surface area contributed by atoms with E-state index in [1.807, 2.05) is 61.7 Å². The molecule has 1 amide bonds. The lowest BCUT2D eigenvalue weighted by Crippen LogP contribution is -2.27. The average Bonchev–Trinajstić information content (AvgIpc) is 3.23. The Morgan fingerprint density at radius 3 is 2.56 bits per heavy atom. The number of fused-ring (bicyclic) bond motifs is 1. The zero-order chi connectivity index (χ0) is 22.8. The number of benzene rings is 2. The van der Waals surface area contributed by atoms with Crippen molar-refractivity contribution in [3.63, 3.8) is 0 Å². The van der Waals surface area contributed by atoms with Crippen LogP contribution < -0.4 is 10.9 Å². The average molecular weight is 450 g/mol. The lowest BCUT2D eigenvalue weighted by molar-refractivity contribution is -0.116. The number of carbonyl (C=O) groups excluding carboxylic acids is 1. The van der Waals surface area contributed by atoms with E-state index in [2.05, 4.69) is 15.4 Å². The number of nitrogens with zero attached hydrogens (tertiary/aromatic N) is 4. The van der Waals surface area contributed by atoms with Gasteiger partial charge in [0.2, 0.25) is 11.7 Å². The van der Waals surface area contributed by atoms with E-state index in [0.717, 1.165) is 16.8 Å². The Labute approximate surface area is 190 Å². The number of halogens is 1. The van der Waals surface area contributed by atoms with Crippen LogP contribution >= 0.6 is 11.6 Å². The number of aromatic nitrogens is 4. The van der Waals surface area contributed by atoms with Crippen molar-refractivity contribution in [1.82, 2.24) is 19.2 Å². The van der Waals surface area contributed by atoms with Gasteiger partial charge < -0.3 is 9.88 Å². The minimum atomic E-state index is -0.247. The fourth-order valence-corrected chi connectivity index (χ4v) is 3.90. The molecule has 2 heterocycles. The molecular weight excluding hydrogens is 426 g/mol. The smallest absolute Gasteiger partial charge is 0.279 e. The van der Waals surface area contributed by atoms with Crippen LogP contribution in [0.5, 0.6) is 0 Å². The first-order valence-corrected chi connectivity index (χ1v) is 10.9. The Morgan fingerprint density at radius 2 is 1.88 bits per heavy atom. The topological polar surface area (TPSA) is 81.3 Å². The fraction of sp³-hybridized carbons (Fsp3) is 0.250. The van der Waals surface area contributed by atoms with Crippen LogP contribution in [0.25, 0.3) is 17.2 Å². The van der Waals surface area contributed by atoms with Crippen molar-refractivity contribution >= 4 is 29.0 Å². The maximum absolute atomic E-state index is 13.2. The molecule has 2 aromatic heterocycles. The standard InChI is InChI=1S/C24H24ClN5O2/c1-4-29-16(3)19(12-13-21(31)26-18-11-10-15(2)20(25)14-18)23(32)30-24(29)27-22(28-30)17-8-6-5-7-9-17/h5-11,14H,4,12-13H2,1-3H3,(H,26,31). The number of anilines is 1. The van der Waals surface area contributed by atoms with Crippen LogP contribution in [-0.2, 0) is 17.8 Å². The molecular formula is C24H24ClN5O2. The first-order valence-electron chi connectivity index (χ1n) is 10.5. The van der Waals surface area contributed by atoms with Crippen molar-refractivity contribution in [2.75, 3.05) is 5.32 Å². The van der Waals surface area contributed by atoms with Gasteiger partial charge in [0, 0.05) is 40.5 Å². The van der Waals surface area contributed by atoms with Gasteiger partial charge in [-0.15, -0.1) is 5.10 Å². The molecule has 0 spiro atoms. The van der Waals surface area contributed by atoms with Crippen molar-refractivity contribution < 1.29 is 4.79 Å². The van der Waals surface area contributed by atoms with Gasteiger partial charge in [-0.2, -0.15) is 9.50 Å². The van der Waals surface area contributed by atoms with Crippen LogP contribution in [0.3, 0.4) is 0 Å². The summed E-state index contributed by atoms with van der Waals surface area (Å²) in [6.07, 6.45) is 0.462. The molecule has 4 aromatic rings. The van der Waals surface area contributed by atoms with Crippen molar-refractivity contribution in [1.29, 1.82) is 0 Å². The fourth-order valence-electron chi connectivity index (χ4n) is 3.72. The Balaban J connectivity index is 1.62. The van der Waals surface area contributed by atoms with E-state index in [9.17, 15) is 9.59 Å². The highest BCUT2D eigenvalue weighted by Crippen LogP contribution is 2.21. The molecule has 4 rings (SSSR count). The predicted octanol–water partition coefficient (Wildman–Crippen LogP) is 4.42. The van der Waals surface area contributed by atoms with E-state index in [4.69, 9.17) is 11.6 Å². The predicted molar refractivity (Wildman–Crippen MR) is 126 cm³/mol. The maximum atomic E-state index is 13.2. The van der Waals surface area contributed by atoms with Crippen LogP contribution in [0.4, 0.5) is 5.69 Å². The monoisotopic (exact) mass is 449 g/mol. The number of hydrogen-bond donors (Lipinski definition) is 1. The summed E-state index contributed by atoms with van der Waals surface area (Å²) in [7, 11) is 0. The van der Waals surface area contributed by atoms with Crippen LogP contribution in [0.15, 0.2) is 53.3 Å². The first-order chi connectivity index (χ1) is 15.4. The lowest BCUT2D eigenvalue weighted by Gasteiger charge is -2.13. The van der Waals surface area contributed by atoms with Gasteiger partial charge in [-0.3, -0.25) is 9.59 Å². The van der Waals surface area contributed by atoms with E-state index >= 15 is 0 Å². The van der Waals surface area contributed by atoms with Crippen molar-refractivity contribution in [2.45, 2.75) is 40.2 Å². The summed E-state index contributed by atoms with van der Waals surface area (Å²) in [6, 6.07) is 14.9. The molecule has 7 nitrogen and oxygen atoms in total. The highest BCUT2D eigenvalue weighted by atomic mass is 35.5. The highest BCUT2D eigenvalue weighted by molar-refractivity contribution is 6.31. The number of amides is 1. The molecule has 0 saturated carbocycles. The maximum Gasteiger partial charge on any atom is 0.279 e. The molecule has 0 fully saturated rings. The lowest BCUT2D eigenvalue weighted by atomic mass is 10.1. The molecule has 0 aliphatic rings. The van der Waals surface area contributed by atoms with E-state index < -0.39 is 0 Å². The summed E-state index contributed by atoms with van der Waals surface area (Å²) in [5.74, 6) is 0.808. The van der Waals surface area contributed by atoms with Crippen molar-refractivity contribution in [3.8, 4) is 11.4 Å². The molecule has 164 valence electrons. The number of aryl methyl sites for hydroxylation is 2. The minimum absolute atomic E-state index is 0.164. The third-order valence-corrected chi connectivity index (χ3v) is 5.94. The van der Waals surface area contributed by atoms with Crippen LogP contribution in [0, 0.1) is 13.8 Å².